The van der Waals surface area contributed by atoms with Crippen LogP contribution in [-0.2, 0) is 0 Å². The number of fused-ring (bicyclic) bond motifs is 1. The van der Waals surface area contributed by atoms with Crippen LogP contribution in [0.3, 0.4) is 0 Å². The monoisotopic (exact) mass is 441 g/mol. The molecule has 3 N–H and O–H groups in total. The summed E-state index contributed by atoms with van der Waals surface area (Å²) in [6.07, 6.45) is -1.64. The van der Waals surface area contributed by atoms with Gasteiger partial charge in [0.05, 0.1) is 5.52 Å². The highest BCUT2D eigenvalue weighted by atomic mass is 19.1. The molecule has 1 saturated heterocycles. The average Bonchev–Trinajstić information content (AvgIpc) is 3.18. The highest BCUT2D eigenvalue weighted by Gasteiger charge is 2.27. The number of aromatic amines is 2. The number of ether oxygens (including phenoxy) is 1. The van der Waals surface area contributed by atoms with Crippen molar-refractivity contribution in [3.05, 3.63) is 64.5 Å². The Kier molecular flexibility index (Phi) is 5.14. The Bertz CT molecular complexity index is 1350. The van der Waals surface area contributed by atoms with E-state index in [1.165, 1.54) is 18.2 Å². The van der Waals surface area contributed by atoms with Crippen LogP contribution in [0.5, 0.6) is 6.01 Å². The Labute approximate surface area is 179 Å². The largest absolute Gasteiger partial charge is 0.457 e. The maximum atomic E-state index is 14.3. The fourth-order valence-electron chi connectivity index (χ4n) is 3.77. The van der Waals surface area contributed by atoms with Gasteiger partial charge in [-0.3, -0.25) is 14.9 Å². The molecular weight excluding hydrogens is 423 g/mol. The topological polar surface area (TPSA) is 95.7 Å². The molecule has 1 aliphatic heterocycles. The third-order valence-corrected chi connectivity index (χ3v) is 5.38. The predicted octanol–water partition coefficient (Wildman–Crippen LogP) is 3.34. The number of nitrogens with one attached hydrogen (secondary N) is 3. The molecule has 0 saturated carbocycles. The van der Waals surface area contributed by atoms with Gasteiger partial charge in [0.2, 0.25) is 0 Å². The van der Waals surface area contributed by atoms with Gasteiger partial charge in [-0.25, -0.2) is 13.2 Å². The molecule has 3 heterocycles. The van der Waals surface area contributed by atoms with E-state index in [0.717, 1.165) is 6.07 Å². The minimum atomic E-state index is -1.18. The van der Waals surface area contributed by atoms with Crippen LogP contribution in [0, 0.1) is 11.6 Å². The molecule has 5 rings (SSSR count). The number of nitrogens with zero attached hydrogens (tertiary/aromatic N) is 2. The number of hydrogen-bond donors (Lipinski definition) is 3. The highest BCUT2D eigenvalue weighted by Crippen LogP contribution is 2.31. The molecular formula is C22H18F3N5O2. The van der Waals surface area contributed by atoms with Crippen molar-refractivity contribution < 1.29 is 17.9 Å². The second kappa shape index (κ2) is 8.12. The number of hydrogen-bond acceptors (Lipinski definition) is 5. The van der Waals surface area contributed by atoms with E-state index in [4.69, 9.17) is 4.74 Å². The van der Waals surface area contributed by atoms with Crippen molar-refractivity contribution in [2.75, 3.05) is 13.1 Å². The van der Waals surface area contributed by atoms with E-state index in [2.05, 4.69) is 25.5 Å². The first-order valence-corrected chi connectivity index (χ1v) is 10.0. The number of alkyl halides is 1. The van der Waals surface area contributed by atoms with Gasteiger partial charge in [0.15, 0.2) is 0 Å². The number of halogens is 3. The molecule has 0 aliphatic carbocycles. The third kappa shape index (κ3) is 3.84. The van der Waals surface area contributed by atoms with Gasteiger partial charge >= 0.3 is 0 Å². The molecule has 10 heteroatoms. The first kappa shape index (κ1) is 20.3. The molecule has 32 heavy (non-hydrogen) atoms. The summed E-state index contributed by atoms with van der Waals surface area (Å²) in [4.78, 5) is 19.0. The van der Waals surface area contributed by atoms with Gasteiger partial charge in [-0.1, -0.05) is 6.07 Å². The zero-order chi connectivity index (χ0) is 22.2. The summed E-state index contributed by atoms with van der Waals surface area (Å²) in [6, 6.07) is 9.55. The fraction of sp³-hybridized carbons (Fsp3) is 0.227. The van der Waals surface area contributed by atoms with Gasteiger partial charge < -0.3 is 10.1 Å². The van der Waals surface area contributed by atoms with E-state index in [-0.39, 0.29) is 17.3 Å². The van der Waals surface area contributed by atoms with E-state index in [1.807, 2.05) is 0 Å². The van der Waals surface area contributed by atoms with Crippen LogP contribution in [0.15, 0.2) is 47.3 Å². The second-order valence-corrected chi connectivity index (χ2v) is 7.56. The fourth-order valence-corrected chi connectivity index (χ4v) is 3.77. The smallest absolute Gasteiger partial charge is 0.297 e. The number of aromatic nitrogens is 4. The van der Waals surface area contributed by atoms with Crippen molar-refractivity contribution in [2.45, 2.75) is 18.7 Å². The molecule has 2 atom stereocenters. The molecule has 0 radical (unpaired) electrons. The van der Waals surface area contributed by atoms with E-state index in [1.54, 1.807) is 18.2 Å². The van der Waals surface area contributed by atoms with Gasteiger partial charge in [0, 0.05) is 29.6 Å². The second-order valence-electron chi connectivity index (χ2n) is 7.56. The molecule has 0 bridgehead atoms. The first-order chi connectivity index (χ1) is 15.5. The molecule has 0 spiro atoms. The average molecular weight is 441 g/mol. The summed E-state index contributed by atoms with van der Waals surface area (Å²) in [7, 11) is 0. The Morgan fingerprint density at radius 1 is 1.09 bits per heavy atom. The quantitative estimate of drug-likeness (QED) is 0.452. The number of benzene rings is 2. The standard InChI is InChI=1S/C22H18F3N5O2/c23-12-2-3-13(16(25)8-12)11-1-4-17-14(7-11)21(30-29-17)18-9-20(31)28-22(27-18)32-19-10-26-6-5-15(19)24/h1-4,7-9,15,19,26H,5-6,10H2,(H,29,30)(H,27,28,31)/t15-,19-/m0/s1. The molecule has 164 valence electrons. The van der Waals surface area contributed by atoms with Crippen LogP contribution in [0.4, 0.5) is 13.2 Å². The van der Waals surface area contributed by atoms with Crippen molar-refractivity contribution in [3.8, 4) is 28.5 Å². The van der Waals surface area contributed by atoms with Crippen molar-refractivity contribution in [2.24, 2.45) is 0 Å². The summed E-state index contributed by atoms with van der Waals surface area (Å²) >= 11 is 0. The molecule has 1 aliphatic rings. The lowest BCUT2D eigenvalue weighted by atomic mass is 10.0. The summed E-state index contributed by atoms with van der Waals surface area (Å²) in [6.45, 7) is 0.855. The lowest BCUT2D eigenvalue weighted by Crippen LogP contribution is -2.45. The van der Waals surface area contributed by atoms with Gasteiger partial charge in [-0.2, -0.15) is 10.1 Å². The van der Waals surface area contributed by atoms with E-state index < -0.39 is 29.5 Å². The number of H-pyrrole nitrogens is 2. The van der Waals surface area contributed by atoms with E-state index in [0.29, 0.717) is 41.7 Å². The Morgan fingerprint density at radius 3 is 2.78 bits per heavy atom. The van der Waals surface area contributed by atoms with Crippen LogP contribution in [0.25, 0.3) is 33.4 Å². The zero-order valence-electron chi connectivity index (χ0n) is 16.7. The summed E-state index contributed by atoms with van der Waals surface area (Å²) in [5.41, 5.74) is 1.44. The highest BCUT2D eigenvalue weighted by molar-refractivity contribution is 5.94. The maximum absolute atomic E-state index is 14.3. The molecule has 1 fully saturated rings. The van der Waals surface area contributed by atoms with Crippen molar-refractivity contribution >= 4 is 10.9 Å². The molecule has 4 aromatic rings. The van der Waals surface area contributed by atoms with E-state index in [9.17, 15) is 18.0 Å². The van der Waals surface area contributed by atoms with Crippen LogP contribution >= 0.6 is 0 Å². The van der Waals surface area contributed by atoms with Gasteiger partial charge in [0.1, 0.15) is 35.3 Å². The lowest BCUT2D eigenvalue weighted by molar-refractivity contribution is 0.0666. The summed E-state index contributed by atoms with van der Waals surface area (Å²) in [5, 5.41) is 10.7. The van der Waals surface area contributed by atoms with Crippen molar-refractivity contribution in [1.82, 2.24) is 25.5 Å². The summed E-state index contributed by atoms with van der Waals surface area (Å²) in [5.74, 6) is -1.36. The molecule has 2 aromatic carbocycles. The van der Waals surface area contributed by atoms with Gasteiger partial charge in [-0.15, -0.1) is 0 Å². The molecule has 0 amide bonds. The molecule has 7 nitrogen and oxygen atoms in total. The van der Waals surface area contributed by atoms with Gasteiger partial charge in [-0.05, 0) is 42.8 Å². The SMILES string of the molecule is O=c1cc(-c2n[nH]c3ccc(-c4ccc(F)cc4F)cc23)nc(O[C@H]2CNCC[C@@H]2F)[nH]1. The Hall–Kier alpha value is -3.66. The zero-order valence-corrected chi connectivity index (χ0v) is 16.7. The maximum Gasteiger partial charge on any atom is 0.297 e. The normalized spacial score (nSPS) is 18.7. The van der Waals surface area contributed by atoms with E-state index >= 15 is 0 Å². The predicted molar refractivity (Wildman–Crippen MR) is 112 cm³/mol. The Balaban J connectivity index is 1.54. The van der Waals surface area contributed by atoms with Crippen LogP contribution in [0.1, 0.15) is 6.42 Å². The van der Waals surface area contributed by atoms with Crippen molar-refractivity contribution in [3.63, 3.8) is 0 Å². The Morgan fingerprint density at radius 2 is 1.97 bits per heavy atom. The minimum Gasteiger partial charge on any atom is -0.457 e. The minimum absolute atomic E-state index is 0.110. The number of piperidine rings is 1. The molecule has 2 aromatic heterocycles. The van der Waals surface area contributed by atoms with Crippen LogP contribution < -0.4 is 15.6 Å². The molecule has 0 unspecified atom stereocenters. The number of rotatable bonds is 4. The van der Waals surface area contributed by atoms with Gasteiger partial charge in [0.25, 0.3) is 11.6 Å². The van der Waals surface area contributed by atoms with Crippen LogP contribution in [-0.4, -0.2) is 45.5 Å². The van der Waals surface area contributed by atoms with Crippen LogP contribution in [0.2, 0.25) is 0 Å². The third-order valence-electron chi connectivity index (χ3n) is 5.38. The first-order valence-electron chi connectivity index (χ1n) is 10.0. The van der Waals surface area contributed by atoms with Crippen molar-refractivity contribution in [1.29, 1.82) is 0 Å². The lowest BCUT2D eigenvalue weighted by Gasteiger charge is -2.26. The summed E-state index contributed by atoms with van der Waals surface area (Å²) < 4.78 is 47.3.